The molecule has 0 aliphatic rings. The molecule has 1 aromatic heterocycles. The molecule has 0 saturated heterocycles. The molecule has 0 radical (unpaired) electrons. The molecule has 1 amide bonds. The van der Waals surface area contributed by atoms with E-state index in [1.165, 1.54) is 43.6 Å². The number of benzene rings is 2. The molecule has 2 aromatic carbocycles. The van der Waals surface area contributed by atoms with Crippen LogP contribution in [0.2, 0.25) is 10.0 Å². The second kappa shape index (κ2) is 9.03. The second-order valence-corrected chi connectivity index (χ2v) is 10.8. The minimum atomic E-state index is -3.69. The number of amides is 1. The van der Waals surface area contributed by atoms with Crippen LogP contribution in [0.5, 0.6) is 0 Å². The first kappa shape index (κ1) is 22.7. The molecule has 10 heteroatoms. The minimum Gasteiger partial charge on any atom is -0.298 e. The van der Waals surface area contributed by atoms with E-state index >= 15 is 0 Å². The Balaban J connectivity index is 1.80. The molecule has 3 rings (SSSR count). The summed E-state index contributed by atoms with van der Waals surface area (Å²) in [6.07, 6.45) is 2.26. The van der Waals surface area contributed by atoms with Crippen LogP contribution in [0.4, 0.5) is 5.13 Å². The summed E-state index contributed by atoms with van der Waals surface area (Å²) in [5.74, 6) is -0.537. The van der Waals surface area contributed by atoms with Crippen LogP contribution in [-0.4, -0.2) is 37.7 Å². The summed E-state index contributed by atoms with van der Waals surface area (Å²) in [5.41, 5.74) is 2.02. The first-order valence-corrected chi connectivity index (χ1v) is 11.8. The summed E-state index contributed by atoms with van der Waals surface area (Å²) >= 11 is 13.8. The molecule has 0 unspecified atom stereocenters. The van der Waals surface area contributed by atoms with Crippen LogP contribution in [0.1, 0.15) is 26.4 Å². The molecule has 3 aromatic rings. The number of thiazole rings is 1. The van der Waals surface area contributed by atoms with Gasteiger partial charge in [0.05, 0.1) is 15.5 Å². The monoisotopic (exact) mass is 483 g/mol. The maximum atomic E-state index is 12.7. The molecule has 0 saturated carbocycles. The average Bonchev–Trinajstić information content (AvgIpc) is 3.12. The zero-order valence-corrected chi connectivity index (χ0v) is 19.6. The number of aromatic nitrogens is 1. The average molecular weight is 484 g/mol. The SMILES string of the molecule is Cc1cccc(Cc2cnc(NC(=O)c3cc(S(=O)(=O)N(C)C)ccc3Cl)s2)c1Cl. The van der Waals surface area contributed by atoms with Crippen LogP contribution in [0.15, 0.2) is 47.5 Å². The van der Waals surface area contributed by atoms with Gasteiger partial charge in [0.2, 0.25) is 10.0 Å². The predicted octanol–water partition coefficient (Wildman–Crippen LogP) is 4.85. The first-order valence-electron chi connectivity index (χ1n) is 8.81. The fourth-order valence-corrected chi connectivity index (χ4v) is 4.85. The van der Waals surface area contributed by atoms with Crippen molar-refractivity contribution in [3.8, 4) is 0 Å². The lowest BCUT2D eigenvalue weighted by Gasteiger charge is -2.13. The van der Waals surface area contributed by atoms with Crippen LogP contribution in [0.3, 0.4) is 0 Å². The highest BCUT2D eigenvalue weighted by Gasteiger charge is 2.21. The molecular formula is C20H19Cl2N3O3S2. The van der Waals surface area contributed by atoms with Gasteiger partial charge in [-0.3, -0.25) is 10.1 Å². The first-order chi connectivity index (χ1) is 14.1. The zero-order valence-electron chi connectivity index (χ0n) is 16.4. The van der Waals surface area contributed by atoms with Crippen molar-refractivity contribution in [1.29, 1.82) is 0 Å². The van der Waals surface area contributed by atoms with Crippen molar-refractivity contribution < 1.29 is 13.2 Å². The van der Waals surface area contributed by atoms with Crippen LogP contribution in [-0.2, 0) is 16.4 Å². The van der Waals surface area contributed by atoms with E-state index in [-0.39, 0.29) is 15.5 Å². The van der Waals surface area contributed by atoms with E-state index in [9.17, 15) is 13.2 Å². The highest BCUT2D eigenvalue weighted by Crippen LogP contribution is 2.28. The van der Waals surface area contributed by atoms with E-state index in [4.69, 9.17) is 23.2 Å². The fraction of sp³-hybridized carbons (Fsp3) is 0.200. The summed E-state index contributed by atoms with van der Waals surface area (Å²) in [4.78, 5) is 17.8. The van der Waals surface area contributed by atoms with Gasteiger partial charge in [-0.2, -0.15) is 0 Å². The quantitative estimate of drug-likeness (QED) is 0.543. The number of aryl methyl sites for hydroxylation is 1. The summed E-state index contributed by atoms with van der Waals surface area (Å²) in [5, 5.41) is 3.92. The Bertz CT molecular complexity index is 1210. The maximum absolute atomic E-state index is 12.7. The normalized spacial score (nSPS) is 11.7. The van der Waals surface area contributed by atoms with Crippen molar-refractivity contribution in [1.82, 2.24) is 9.29 Å². The lowest BCUT2D eigenvalue weighted by atomic mass is 10.1. The highest BCUT2D eigenvalue weighted by atomic mass is 35.5. The van der Waals surface area contributed by atoms with Gasteiger partial charge in [0, 0.05) is 36.6 Å². The second-order valence-electron chi connectivity index (χ2n) is 6.74. The molecule has 158 valence electrons. The van der Waals surface area contributed by atoms with Crippen molar-refractivity contribution in [2.45, 2.75) is 18.2 Å². The van der Waals surface area contributed by atoms with Crippen LogP contribution < -0.4 is 5.32 Å². The van der Waals surface area contributed by atoms with Gasteiger partial charge >= 0.3 is 0 Å². The van der Waals surface area contributed by atoms with Crippen molar-refractivity contribution in [3.05, 3.63) is 74.2 Å². The molecule has 0 aliphatic heterocycles. The third-order valence-corrected chi connectivity index (χ3v) is 7.97. The third kappa shape index (κ3) is 4.84. The summed E-state index contributed by atoms with van der Waals surface area (Å²) in [6.45, 7) is 1.94. The molecule has 0 fully saturated rings. The molecular weight excluding hydrogens is 465 g/mol. The van der Waals surface area contributed by atoms with Crippen molar-refractivity contribution in [3.63, 3.8) is 0 Å². The predicted molar refractivity (Wildman–Crippen MR) is 121 cm³/mol. The smallest absolute Gasteiger partial charge is 0.259 e. The van der Waals surface area contributed by atoms with Crippen molar-refractivity contribution in [2.75, 3.05) is 19.4 Å². The van der Waals surface area contributed by atoms with Crippen molar-refractivity contribution >= 4 is 55.6 Å². The van der Waals surface area contributed by atoms with E-state index in [1.807, 2.05) is 25.1 Å². The Hall–Kier alpha value is -1.97. The van der Waals surface area contributed by atoms with Gasteiger partial charge < -0.3 is 0 Å². The molecule has 6 nitrogen and oxygen atoms in total. The van der Waals surface area contributed by atoms with Gasteiger partial charge in [-0.25, -0.2) is 17.7 Å². The number of nitrogens with zero attached hydrogens (tertiary/aromatic N) is 2. The van der Waals surface area contributed by atoms with E-state index in [0.29, 0.717) is 16.6 Å². The Labute approximate surface area is 189 Å². The number of hydrogen-bond donors (Lipinski definition) is 1. The standard InChI is InChI=1S/C20H19Cl2N3O3S2/c1-12-5-4-6-13(18(12)22)9-14-11-23-20(29-14)24-19(26)16-10-15(7-8-17(16)21)30(27,28)25(2)3/h4-8,10-11H,9H2,1-3H3,(H,23,24,26). The molecule has 0 spiro atoms. The Morgan fingerprint density at radius 3 is 2.63 bits per heavy atom. The number of halogens is 2. The van der Waals surface area contributed by atoms with E-state index < -0.39 is 15.9 Å². The van der Waals surface area contributed by atoms with Gasteiger partial charge in [-0.05, 0) is 36.2 Å². The number of carbonyl (C=O) groups excluding carboxylic acids is 1. The maximum Gasteiger partial charge on any atom is 0.259 e. The molecule has 1 N–H and O–H groups in total. The van der Waals surface area contributed by atoms with Gasteiger partial charge in [0.15, 0.2) is 5.13 Å². The topological polar surface area (TPSA) is 79.4 Å². The number of hydrogen-bond acceptors (Lipinski definition) is 5. The fourth-order valence-electron chi connectivity index (χ4n) is 2.69. The largest absolute Gasteiger partial charge is 0.298 e. The Morgan fingerprint density at radius 2 is 1.93 bits per heavy atom. The summed E-state index contributed by atoms with van der Waals surface area (Å²) in [6, 6.07) is 9.84. The number of nitrogens with one attached hydrogen (secondary N) is 1. The summed E-state index contributed by atoms with van der Waals surface area (Å²) in [7, 11) is -0.856. The Morgan fingerprint density at radius 1 is 1.20 bits per heavy atom. The number of rotatable bonds is 6. The number of anilines is 1. The summed E-state index contributed by atoms with van der Waals surface area (Å²) < 4.78 is 25.7. The molecule has 0 atom stereocenters. The van der Waals surface area contributed by atoms with Gasteiger partial charge in [0.1, 0.15) is 0 Å². The number of carbonyl (C=O) groups is 1. The van der Waals surface area contributed by atoms with Crippen LogP contribution >= 0.6 is 34.5 Å². The van der Waals surface area contributed by atoms with E-state index in [0.717, 1.165) is 20.3 Å². The molecule has 30 heavy (non-hydrogen) atoms. The third-order valence-electron chi connectivity index (χ3n) is 4.37. The zero-order chi connectivity index (χ0) is 22.1. The molecule has 0 aliphatic carbocycles. The number of sulfonamides is 1. The Kier molecular flexibility index (Phi) is 6.84. The van der Waals surface area contributed by atoms with Gasteiger partial charge in [-0.1, -0.05) is 41.4 Å². The van der Waals surface area contributed by atoms with E-state index in [1.54, 1.807) is 6.20 Å². The van der Waals surface area contributed by atoms with Gasteiger partial charge in [0.25, 0.3) is 5.91 Å². The highest BCUT2D eigenvalue weighted by molar-refractivity contribution is 7.89. The van der Waals surface area contributed by atoms with Crippen molar-refractivity contribution in [2.24, 2.45) is 0 Å². The molecule has 0 bridgehead atoms. The van der Waals surface area contributed by atoms with E-state index in [2.05, 4.69) is 10.3 Å². The minimum absolute atomic E-state index is 0.0176. The lowest BCUT2D eigenvalue weighted by molar-refractivity contribution is 0.102. The lowest BCUT2D eigenvalue weighted by Crippen LogP contribution is -2.23. The molecule has 1 heterocycles. The van der Waals surface area contributed by atoms with Crippen LogP contribution in [0.25, 0.3) is 0 Å². The van der Waals surface area contributed by atoms with Crippen LogP contribution in [0, 0.1) is 6.92 Å². The van der Waals surface area contributed by atoms with Gasteiger partial charge in [-0.15, -0.1) is 11.3 Å².